The number of halogens is 5. The minimum Gasteiger partial charge on any atom is -0.279 e. The van der Waals surface area contributed by atoms with Crippen LogP contribution in [0.15, 0.2) is 0 Å². The van der Waals surface area contributed by atoms with E-state index in [1.54, 1.807) is 0 Å². The summed E-state index contributed by atoms with van der Waals surface area (Å²) in [6, 6.07) is 0. The van der Waals surface area contributed by atoms with Crippen LogP contribution in [0.3, 0.4) is 0 Å². The first-order valence-electron chi connectivity index (χ1n) is 1.76. The Morgan fingerprint density at radius 1 is 1.33 bits per heavy atom. The third-order valence-corrected chi connectivity index (χ3v) is 2.33. The molecule has 1 nitrogen and oxygen atoms in total. The van der Waals surface area contributed by atoms with Gasteiger partial charge in [0.2, 0.25) is 9.03 Å². The van der Waals surface area contributed by atoms with Crippen LogP contribution >= 0.6 is 58.0 Å². The van der Waals surface area contributed by atoms with E-state index in [4.69, 9.17) is 58.0 Å². The van der Waals surface area contributed by atoms with Gasteiger partial charge in [0.05, 0.1) is 0 Å². The van der Waals surface area contributed by atoms with Crippen molar-refractivity contribution < 1.29 is 4.79 Å². The average Bonchev–Trinajstić information content (AvgIpc) is 1.62. The zero-order valence-corrected chi connectivity index (χ0v) is 7.66. The van der Waals surface area contributed by atoms with E-state index in [0.717, 1.165) is 0 Å². The van der Waals surface area contributed by atoms with Gasteiger partial charge in [-0.15, -0.1) is 11.6 Å². The SMILES string of the molecule is O=C(Cl)C(Cl)C(Cl)(Cl)Cl. The molecular formula is C3HCl5O. The van der Waals surface area contributed by atoms with Crippen molar-refractivity contribution in [2.24, 2.45) is 0 Å². The summed E-state index contributed by atoms with van der Waals surface area (Å²) in [4.78, 5) is 10.2. The maximum atomic E-state index is 10.2. The second kappa shape index (κ2) is 3.49. The maximum Gasteiger partial charge on any atom is 0.243 e. The van der Waals surface area contributed by atoms with E-state index in [-0.39, 0.29) is 0 Å². The van der Waals surface area contributed by atoms with Gasteiger partial charge < -0.3 is 0 Å². The summed E-state index contributed by atoms with van der Waals surface area (Å²) in [5, 5.41) is -2.17. The highest BCUT2D eigenvalue weighted by molar-refractivity contribution is 6.78. The first kappa shape index (κ1) is 10.1. The number of carbonyl (C=O) groups excluding carboxylic acids is 1. The van der Waals surface area contributed by atoms with Crippen molar-refractivity contribution in [1.29, 1.82) is 0 Å². The van der Waals surface area contributed by atoms with Crippen LogP contribution < -0.4 is 0 Å². The van der Waals surface area contributed by atoms with Gasteiger partial charge in [0, 0.05) is 0 Å². The number of carbonyl (C=O) groups is 1. The summed E-state index contributed by atoms with van der Waals surface area (Å²) in [6.45, 7) is 0. The molecule has 0 aliphatic heterocycles. The summed E-state index contributed by atoms with van der Waals surface area (Å²) in [5.74, 6) is 0. The normalized spacial score (nSPS) is 15.2. The molecule has 0 bridgehead atoms. The molecule has 0 heterocycles. The lowest BCUT2D eigenvalue weighted by Crippen LogP contribution is -2.25. The zero-order valence-electron chi connectivity index (χ0n) is 3.88. The van der Waals surface area contributed by atoms with E-state index < -0.39 is 14.4 Å². The molecule has 0 aliphatic carbocycles. The first-order valence-corrected chi connectivity index (χ1v) is 3.70. The zero-order chi connectivity index (χ0) is 7.65. The van der Waals surface area contributed by atoms with E-state index in [9.17, 15) is 4.79 Å². The Morgan fingerprint density at radius 3 is 1.67 bits per heavy atom. The van der Waals surface area contributed by atoms with E-state index in [1.165, 1.54) is 0 Å². The molecule has 0 spiro atoms. The van der Waals surface area contributed by atoms with Crippen molar-refractivity contribution in [2.45, 2.75) is 9.17 Å². The fourth-order valence-electron chi connectivity index (χ4n) is 0.129. The van der Waals surface area contributed by atoms with Crippen molar-refractivity contribution in [2.75, 3.05) is 0 Å². The summed E-state index contributed by atoms with van der Waals surface area (Å²) < 4.78 is -1.82. The molecule has 0 radical (unpaired) electrons. The minimum absolute atomic E-state index is 0.878. The third kappa shape index (κ3) is 3.74. The van der Waals surface area contributed by atoms with Crippen molar-refractivity contribution in [3.63, 3.8) is 0 Å². The molecule has 0 amide bonds. The highest BCUT2D eigenvalue weighted by atomic mass is 35.6. The van der Waals surface area contributed by atoms with Crippen molar-refractivity contribution in [1.82, 2.24) is 0 Å². The van der Waals surface area contributed by atoms with Gasteiger partial charge in [0.25, 0.3) is 0 Å². The first-order chi connectivity index (χ1) is 3.85. The smallest absolute Gasteiger partial charge is 0.243 e. The molecule has 0 saturated carbocycles. The van der Waals surface area contributed by atoms with Crippen LogP contribution in [0.1, 0.15) is 0 Å². The number of alkyl halides is 4. The molecule has 0 aromatic rings. The van der Waals surface area contributed by atoms with Crippen molar-refractivity contribution in [3.05, 3.63) is 0 Å². The third-order valence-electron chi connectivity index (χ3n) is 0.487. The van der Waals surface area contributed by atoms with Gasteiger partial charge in [0.15, 0.2) is 5.38 Å². The summed E-state index contributed by atoms with van der Waals surface area (Å²) in [5.41, 5.74) is 0. The van der Waals surface area contributed by atoms with Crippen LogP contribution in [-0.4, -0.2) is 14.4 Å². The van der Waals surface area contributed by atoms with Gasteiger partial charge in [-0.1, -0.05) is 34.8 Å². The Bertz CT molecular complexity index is 116. The second-order valence-electron chi connectivity index (χ2n) is 1.21. The van der Waals surface area contributed by atoms with Gasteiger partial charge in [-0.3, -0.25) is 4.79 Å². The summed E-state index contributed by atoms with van der Waals surface area (Å²) >= 11 is 25.6. The molecule has 0 aromatic carbocycles. The molecule has 1 atom stereocenters. The minimum atomic E-state index is -1.82. The Hall–Kier alpha value is 1.12. The van der Waals surface area contributed by atoms with Gasteiger partial charge in [-0.2, -0.15) is 0 Å². The molecule has 0 aliphatic rings. The lowest BCUT2D eigenvalue weighted by Gasteiger charge is -2.12. The van der Waals surface area contributed by atoms with Gasteiger partial charge >= 0.3 is 0 Å². The van der Waals surface area contributed by atoms with Crippen LogP contribution in [0.2, 0.25) is 0 Å². The highest BCUT2D eigenvalue weighted by Gasteiger charge is 2.35. The maximum absolute atomic E-state index is 10.2. The molecule has 6 heteroatoms. The monoisotopic (exact) mass is 228 g/mol. The van der Waals surface area contributed by atoms with Gasteiger partial charge in [-0.25, -0.2) is 0 Å². The fourth-order valence-corrected chi connectivity index (χ4v) is 0.757. The quantitative estimate of drug-likeness (QED) is 0.500. The Balaban J connectivity index is 4.04. The standard InChI is InChI=1S/C3HCl5O/c4-1(2(5)9)3(6,7)8/h1H. The fraction of sp³-hybridized carbons (Fsp3) is 0.667. The number of rotatable bonds is 1. The lowest BCUT2D eigenvalue weighted by molar-refractivity contribution is -0.111. The predicted octanol–water partition coefficient (Wildman–Crippen LogP) is 2.73. The van der Waals surface area contributed by atoms with Crippen LogP contribution in [0.4, 0.5) is 0 Å². The van der Waals surface area contributed by atoms with Crippen LogP contribution in [0, 0.1) is 0 Å². The molecule has 0 N–H and O–H groups in total. The van der Waals surface area contributed by atoms with E-state index >= 15 is 0 Å². The molecule has 0 rings (SSSR count). The van der Waals surface area contributed by atoms with E-state index in [0.29, 0.717) is 0 Å². The van der Waals surface area contributed by atoms with E-state index in [2.05, 4.69) is 0 Å². The van der Waals surface area contributed by atoms with Gasteiger partial charge in [0.1, 0.15) is 0 Å². The van der Waals surface area contributed by atoms with Crippen LogP contribution in [0.25, 0.3) is 0 Å². The number of hydrogen-bond acceptors (Lipinski definition) is 1. The number of hydrogen-bond donors (Lipinski definition) is 0. The van der Waals surface area contributed by atoms with Crippen molar-refractivity contribution in [3.8, 4) is 0 Å². The lowest BCUT2D eigenvalue weighted by atomic mass is 10.5. The van der Waals surface area contributed by atoms with Crippen LogP contribution in [0.5, 0.6) is 0 Å². The van der Waals surface area contributed by atoms with Crippen molar-refractivity contribution >= 4 is 63.2 Å². The molecule has 0 aromatic heterocycles. The van der Waals surface area contributed by atoms with Gasteiger partial charge in [-0.05, 0) is 11.6 Å². The van der Waals surface area contributed by atoms with E-state index in [1.807, 2.05) is 0 Å². The van der Waals surface area contributed by atoms with Crippen LogP contribution in [-0.2, 0) is 4.79 Å². The molecule has 0 fully saturated rings. The largest absolute Gasteiger partial charge is 0.279 e. The molecular weight excluding hydrogens is 229 g/mol. The molecule has 0 saturated heterocycles. The second-order valence-corrected chi connectivity index (χ2v) is 4.39. The highest BCUT2D eigenvalue weighted by Crippen LogP contribution is 2.34. The predicted molar refractivity (Wildman–Crippen MR) is 40.8 cm³/mol. The average molecular weight is 230 g/mol. The summed E-state index contributed by atoms with van der Waals surface area (Å²) in [6.07, 6.45) is 0. The Kier molecular flexibility index (Phi) is 3.93. The molecule has 54 valence electrons. The molecule has 1 unspecified atom stereocenters. The molecule has 9 heavy (non-hydrogen) atoms. The topological polar surface area (TPSA) is 17.1 Å². The Morgan fingerprint density at radius 2 is 1.67 bits per heavy atom. The Labute approximate surface area is 77.1 Å². The summed E-state index contributed by atoms with van der Waals surface area (Å²) in [7, 11) is 0.